The Morgan fingerprint density at radius 3 is 2.10 bits per heavy atom. The number of esters is 1. The topological polar surface area (TPSA) is 55.8 Å². The van der Waals surface area contributed by atoms with Gasteiger partial charge in [0.15, 0.2) is 0 Å². The average molecular weight is 277 g/mol. The lowest BCUT2D eigenvalue weighted by atomic mass is 10.1. The van der Waals surface area contributed by atoms with Crippen LogP contribution in [0.3, 0.4) is 0 Å². The van der Waals surface area contributed by atoms with E-state index in [1.54, 1.807) is 31.4 Å². The smallest absolute Gasteiger partial charge is 0.337 e. The number of methoxy groups -OCH3 is 2. The molecule has 0 aliphatic carbocycles. The Balaban J connectivity index is 2.01. The third-order valence-electron chi connectivity index (χ3n) is 3.62. The first kappa shape index (κ1) is 14.5. The number of hydrogen-bond acceptors (Lipinski definition) is 4. The highest BCUT2D eigenvalue weighted by atomic mass is 16.5. The van der Waals surface area contributed by atoms with Crippen molar-refractivity contribution in [1.82, 2.24) is 4.90 Å². The van der Waals surface area contributed by atoms with Gasteiger partial charge >= 0.3 is 5.97 Å². The van der Waals surface area contributed by atoms with Gasteiger partial charge in [0.05, 0.1) is 18.8 Å². The summed E-state index contributed by atoms with van der Waals surface area (Å²) in [6.07, 6.45) is 1.98. The molecule has 108 valence electrons. The molecule has 0 spiro atoms. The lowest BCUT2D eigenvalue weighted by Gasteiger charge is -2.31. The fraction of sp³-hybridized carbons (Fsp3) is 0.467. The number of ether oxygens (including phenoxy) is 2. The van der Waals surface area contributed by atoms with Crippen LogP contribution in [0.15, 0.2) is 24.3 Å². The first-order chi connectivity index (χ1) is 9.65. The molecule has 5 heteroatoms. The molecular formula is C15H19NO4. The Morgan fingerprint density at radius 2 is 1.60 bits per heavy atom. The number of carbonyl (C=O) groups excluding carboxylic acids is 2. The van der Waals surface area contributed by atoms with Crippen molar-refractivity contribution in [1.29, 1.82) is 0 Å². The monoisotopic (exact) mass is 277 g/mol. The first-order valence-corrected chi connectivity index (χ1v) is 6.66. The van der Waals surface area contributed by atoms with E-state index in [1.807, 2.05) is 4.90 Å². The first-order valence-electron chi connectivity index (χ1n) is 6.66. The summed E-state index contributed by atoms with van der Waals surface area (Å²) in [5.41, 5.74) is 1.04. The largest absolute Gasteiger partial charge is 0.465 e. The predicted octanol–water partition coefficient (Wildman–Crippen LogP) is 1.72. The van der Waals surface area contributed by atoms with Crippen LogP contribution < -0.4 is 0 Å². The maximum atomic E-state index is 12.3. The van der Waals surface area contributed by atoms with Gasteiger partial charge in [0, 0.05) is 25.8 Å². The number of nitrogens with zero attached hydrogens (tertiary/aromatic N) is 1. The van der Waals surface area contributed by atoms with Gasteiger partial charge in [0.1, 0.15) is 0 Å². The van der Waals surface area contributed by atoms with E-state index >= 15 is 0 Å². The summed E-state index contributed by atoms with van der Waals surface area (Å²) in [6.45, 7) is 1.41. The molecule has 1 heterocycles. The molecule has 0 unspecified atom stereocenters. The minimum absolute atomic E-state index is 0.00373. The molecule has 1 aliphatic rings. The summed E-state index contributed by atoms with van der Waals surface area (Å²) in [4.78, 5) is 25.5. The number of hydrogen-bond donors (Lipinski definition) is 0. The standard InChI is InChI=1S/C15H19NO4/c1-19-13-7-9-16(10-8-13)14(17)11-3-5-12(6-4-11)15(18)20-2/h3-6,13H,7-10H2,1-2H3. The summed E-state index contributed by atoms with van der Waals surface area (Å²) >= 11 is 0. The fourth-order valence-corrected chi connectivity index (χ4v) is 2.34. The van der Waals surface area contributed by atoms with Crippen molar-refractivity contribution in [3.8, 4) is 0 Å². The Hall–Kier alpha value is -1.88. The highest BCUT2D eigenvalue weighted by Crippen LogP contribution is 2.16. The summed E-state index contributed by atoms with van der Waals surface area (Å²) in [7, 11) is 3.04. The molecule has 0 N–H and O–H groups in total. The second-order valence-corrected chi connectivity index (χ2v) is 4.80. The number of rotatable bonds is 3. The van der Waals surface area contributed by atoms with E-state index in [-0.39, 0.29) is 12.0 Å². The molecule has 1 aromatic rings. The van der Waals surface area contributed by atoms with E-state index in [9.17, 15) is 9.59 Å². The predicted molar refractivity (Wildman–Crippen MR) is 73.7 cm³/mol. The minimum atomic E-state index is -0.398. The minimum Gasteiger partial charge on any atom is -0.465 e. The highest BCUT2D eigenvalue weighted by Gasteiger charge is 2.23. The molecule has 0 atom stereocenters. The van der Waals surface area contributed by atoms with Gasteiger partial charge in [-0.05, 0) is 37.1 Å². The van der Waals surface area contributed by atoms with Gasteiger partial charge in [0.2, 0.25) is 0 Å². The zero-order valence-corrected chi connectivity index (χ0v) is 11.8. The zero-order valence-electron chi connectivity index (χ0n) is 11.8. The van der Waals surface area contributed by atoms with E-state index < -0.39 is 5.97 Å². The molecule has 5 nitrogen and oxygen atoms in total. The third-order valence-corrected chi connectivity index (χ3v) is 3.62. The van der Waals surface area contributed by atoms with Gasteiger partial charge < -0.3 is 14.4 Å². The number of amides is 1. The lowest BCUT2D eigenvalue weighted by Crippen LogP contribution is -2.40. The van der Waals surface area contributed by atoms with E-state index in [1.165, 1.54) is 7.11 Å². The van der Waals surface area contributed by atoms with Gasteiger partial charge in [-0.15, -0.1) is 0 Å². The summed E-state index contributed by atoms with van der Waals surface area (Å²) < 4.78 is 9.92. The molecule has 1 saturated heterocycles. The maximum Gasteiger partial charge on any atom is 0.337 e. The third kappa shape index (κ3) is 3.17. The summed E-state index contributed by atoms with van der Waals surface area (Å²) in [6, 6.07) is 6.55. The molecule has 1 aromatic carbocycles. The van der Waals surface area contributed by atoms with E-state index in [2.05, 4.69) is 4.74 Å². The quantitative estimate of drug-likeness (QED) is 0.789. The van der Waals surface area contributed by atoms with Crippen LogP contribution in [0.4, 0.5) is 0 Å². The molecule has 20 heavy (non-hydrogen) atoms. The van der Waals surface area contributed by atoms with Gasteiger partial charge in [-0.3, -0.25) is 4.79 Å². The molecule has 2 rings (SSSR count). The van der Waals surface area contributed by atoms with Crippen LogP contribution in [0.1, 0.15) is 33.6 Å². The van der Waals surface area contributed by atoms with Crippen molar-refractivity contribution < 1.29 is 19.1 Å². The van der Waals surface area contributed by atoms with Crippen LogP contribution in [0.2, 0.25) is 0 Å². The Kier molecular flexibility index (Phi) is 4.74. The van der Waals surface area contributed by atoms with Gasteiger partial charge in [-0.2, -0.15) is 0 Å². The van der Waals surface area contributed by atoms with Crippen LogP contribution in [0, 0.1) is 0 Å². The Morgan fingerprint density at radius 1 is 1.05 bits per heavy atom. The number of piperidine rings is 1. The Labute approximate surface area is 118 Å². The molecule has 1 amide bonds. The molecule has 0 bridgehead atoms. The molecular weight excluding hydrogens is 258 g/mol. The average Bonchev–Trinajstić information content (AvgIpc) is 2.53. The zero-order chi connectivity index (χ0) is 14.5. The molecule has 0 aromatic heterocycles. The maximum absolute atomic E-state index is 12.3. The number of carbonyl (C=O) groups is 2. The van der Waals surface area contributed by atoms with Crippen molar-refractivity contribution >= 4 is 11.9 Å². The molecule has 1 fully saturated rings. The SMILES string of the molecule is COC(=O)c1ccc(C(=O)N2CCC(OC)CC2)cc1. The normalized spacial score (nSPS) is 16.0. The highest BCUT2D eigenvalue weighted by molar-refractivity contribution is 5.96. The number of benzene rings is 1. The molecule has 0 radical (unpaired) electrons. The van der Waals surface area contributed by atoms with Crippen molar-refractivity contribution in [3.05, 3.63) is 35.4 Å². The van der Waals surface area contributed by atoms with Crippen molar-refractivity contribution in [2.45, 2.75) is 18.9 Å². The summed E-state index contributed by atoms with van der Waals surface area (Å²) in [5, 5.41) is 0. The van der Waals surface area contributed by atoms with Crippen LogP contribution in [0.5, 0.6) is 0 Å². The summed E-state index contributed by atoms with van der Waals surface area (Å²) in [5.74, 6) is -0.402. The van der Waals surface area contributed by atoms with Crippen molar-refractivity contribution in [3.63, 3.8) is 0 Å². The van der Waals surface area contributed by atoms with Crippen molar-refractivity contribution in [2.75, 3.05) is 27.3 Å². The van der Waals surface area contributed by atoms with E-state index in [0.29, 0.717) is 24.2 Å². The van der Waals surface area contributed by atoms with Gasteiger partial charge in [-0.25, -0.2) is 4.79 Å². The van der Waals surface area contributed by atoms with Crippen LogP contribution in [-0.2, 0) is 9.47 Å². The van der Waals surface area contributed by atoms with E-state index in [0.717, 1.165) is 12.8 Å². The molecule has 1 aliphatic heterocycles. The second kappa shape index (κ2) is 6.52. The second-order valence-electron chi connectivity index (χ2n) is 4.80. The fourth-order valence-electron chi connectivity index (χ4n) is 2.34. The Bertz CT molecular complexity index is 475. The van der Waals surface area contributed by atoms with E-state index in [4.69, 9.17) is 4.74 Å². The number of likely N-dealkylation sites (tertiary alicyclic amines) is 1. The van der Waals surface area contributed by atoms with Crippen LogP contribution in [0.25, 0.3) is 0 Å². The lowest BCUT2D eigenvalue weighted by molar-refractivity contribution is 0.0350. The van der Waals surface area contributed by atoms with Gasteiger partial charge in [-0.1, -0.05) is 0 Å². The molecule has 0 saturated carbocycles. The van der Waals surface area contributed by atoms with Crippen molar-refractivity contribution in [2.24, 2.45) is 0 Å². The van der Waals surface area contributed by atoms with Gasteiger partial charge in [0.25, 0.3) is 5.91 Å². The van der Waals surface area contributed by atoms with Crippen LogP contribution >= 0.6 is 0 Å². The van der Waals surface area contributed by atoms with Crippen LogP contribution in [-0.4, -0.2) is 50.2 Å².